The third-order valence-electron chi connectivity index (χ3n) is 2.06. The van der Waals surface area contributed by atoms with Crippen molar-refractivity contribution in [1.29, 1.82) is 0 Å². The van der Waals surface area contributed by atoms with Gasteiger partial charge < -0.3 is 9.72 Å². The molecule has 1 aromatic carbocycles. The van der Waals surface area contributed by atoms with Crippen LogP contribution in [0.2, 0.25) is 0 Å². The van der Waals surface area contributed by atoms with E-state index in [1.807, 2.05) is 18.2 Å². The number of hydrogen-bond donors (Lipinski definition) is 1. The molecule has 14 heavy (non-hydrogen) atoms. The molecule has 4 heteroatoms. The van der Waals surface area contributed by atoms with E-state index >= 15 is 0 Å². The highest BCUT2D eigenvalue weighted by molar-refractivity contribution is 9.10. The van der Waals surface area contributed by atoms with Crippen LogP contribution < -0.4 is 10.3 Å². The van der Waals surface area contributed by atoms with Crippen LogP contribution in [0.4, 0.5) is 0 Å². The Labute approximate surface area is 88.8 Å². The second-order valence-electron chi connectivity index (χ2n) is 2.85. The number of aromatic nitrogens is 1. The Morgan fingerprint density at radius 1 is 1.36 bits per heavy atom. The summed E-state index contributed by atoms with van der Waals surface area (Å²) in [6.45, 7) is 0. The van der Waals surface area contributed by atoms with Gasteiger partial charge in [-0.25, -0.2) is 0 Å². The number of halogens is 1. The Kier molecular flexibility index (Phi) is 2.29. The van der Waals surface area contributed by atoms with Gasteiger partial charge in [-0.05, 0) is 33.4 Å². The Balaban J connectivity index is 2.94. The summed E-state index contributed by atoms with van der Waals surface area (Å²) in [6.07, 6.45) is 1.63. The molecule has 0 radical (unpaired) electrons. The highest BCUT2D eigenvalue weighted by Gasteiger charge is 2.07. The lowest BCUT2D eigenvalue weighted by Crippen LogP contribution is -2.05. The minimum absolute atomic E-state index is 0.117. The first-order valence-electron chi connectivity index (χ1n) is 4.08. The van der Waals surface area contributed by atoms with E-state index in [4.69, 9.17) is 4.74 Å². The Morgan fingerprint density at radius 2 is 2.14 bits per heavy atom. The predicted octanol–water partition coefficient (Wildman–Crippen LogP) is 2.30. The number of H-pyrrole nitrogens is 1. The van der Waals surface area contributed by atoms with Crippen LogP contribution in [0.5, 0.6) is 5.75 Å². The van der Waals surface area contributed by atoms with Crippen molar-refractivity contribution in [1.82, 2.24) is 4.98 Å². The lowest BCUT2D eigenvalue weighted by Gasteiger charge is -2.05. The van der Waals surface area contributed by atoms with E-state index in [2.05, 4.69) is 20.9 Å². The number of rotatable bonds is 1. The highest BCUT2D eigenvalue weighted by Crippen LogP contribution is 2.30. The van der Waals surface area contributed by atoms with Gasteiger partial charge in [0.15, 0.2) is 0 Å². The third kappa shape index (κ3) is 1.32. The molecule has 0 aliphatic heterocycles. The summed E-state index contributed by atoms with van der Waals surface area (Å²) < 4.78 is 5.80. The van der Waals surface area contributed by atoms with E-state index in [1.54, 1.807) is 13.3 Å². The lowest BCUT2D eigenvalue weighted by atomic mass is 10.2. The van der Waals surface area contributed by atoms with Crippen LogP contribution in [0, 0.1) is 0 Å². The maximum Gasteiger partial charge on any atom is 0.257 e. The molecule has 0 aliphatic rings. The smallest absolute Gasteiger partial charge is 0.257 e. The minimum Gasteiger partial charge on any atom is -0.496 e. The van der Waals surface area contributed by atoms with Gasteiger partial charge in [-0.3, -0.25) is 4.79 Å². The topological polar surface area (TPSA) is 42.1 Å². The van der Waals surface area contributed by atoms with Gasteiger partial charge in [0, 0.05) is 6.20 Å². The zero-order valence-electron chi connectivity index (χ0n) is 7.50. The second-order valence-corrected chi connectivity index (χ2v) is 3.65. The number of hydrogen-bond acceptors (Lipinski definition) is 2. The standard InChI is InChI=1S/C10H8BrNO2/c1-14-7-3-2-6-4-5-12-10(13)8(6)9(7)11/h2-5H,1H3,(H,12,13). The molecular weight excluding hydrogens is 246 g/mol. The van der Waals surface area contributed by atoms with E-state index in [0.29, 0.717) is 15.6 Å². The second kappa shape index (κ2) is 3.46. The van der Waals surface area contributed by atoms with Crippen molar-refractivity contribution in [3.63, 3.8) is 0 Å². The largest absolute Gasteiger partial charge is 0.496 e. The molecule has 0 spiro atoms. The number of aromatic amines is 1. The maximum atomic E-state index is 11.5. The van der Waals surface area contributed by atoms with Crippen molar-refractivity contribution in [2.75, 3.05) is 7.11 Å². The average Bonchev–Trinajstić information content (AvgIpc) is 2.18. The number of fused-ring (bicyclic) bond motifs is 1. The number of nitrogens with one attached hydrogen (secondary N) is 1. The number of benzene rings is 1. The minimum atomic E-state index is -0.117. The molecule has 1 heterocycles. The van der Waals surface area contributed by atoms with Crippen LogP contribution in [-0.4, -0.2) is 12.1 Å². The van der Waals surface area contributed by atoms with Crippen molar-refractivity contribution in [3.05, 3.63) is 39.2 Å². The van der Waals surface area contributed by atoms with Crippen LogP contribution in [0.25, 0.3) is 10.8 Å². The number of pyridine rings is 1. The van der Waals surface area contributed by atoms with Crippen LogP contribution in [0.1, 0.15) is 0 Å². The molecule has 0 saturated heterocycles. The SMILES string of the molecule is COc1ccc2cc[nH]c(=O)c2c1Br. The third-order valence-corrected chi connectivity index (χ3v) is 2.85. The maximum absolute atomic E-state index is 11.5. The number of ether oxygens (including phenoxy) is 1. The summed E-state index contributed by atoms with van der Waals surface area (Å²) in [4.78, 5) is 14.2. The van der Waals surface area contributed by atoms with Gasteiger partial charge in [0.1, 0.15) is 5.75 Å². The molecule has 2 rings (SSSR count). The van der Waals surface area contributed by atoms with E-state index in [1.165, 1.54) is 0 Å². The molecular formula is C10H8BrNO2. The molecule has 3 nitrogen and oxygen atoms in total. The van der Waals surface area contributed by atoms with Gasteiger partial charge in [0.05, 0.1) is 17.0 Å². The summed E-state index contributed by atoms with van der Waals surface area (Å²) in [5.41, 5.74) is -0.117. The molecule has 0 fully saturated rings. The Bertz CT molecular complexity index is 533. The highest BCUT2D eigenvalue weighted by atomic mass is 79.9. The summed E-state index contributed by atoms with van der Waals surface area (Å²) in [5, 5.41) is 1.51. The fourth-order valence-electron chi connectivity index (χ4n) is 1.38. The zero-order chi connectivity index (χ0) is 10.1. The van der Waals surface area contributed by atoms with Crippen molar-refractivity contribution in [3.8, 4) is 5.75 Å². The molecule has 2 aromatic rings. The summed E-state index contributed by atoms with van der Waals surface area (Å²) in [7, 11) is 1.57. The van der Waals surface area contributed by atoms with Crippen LogP contribution >= 0.6 is 15.9 Å². The Hall–Kier alpha value is -1.29. The molecule has 0 aliphatic carbocycles. The van der Waals surface area contributed by atoms with Gasteiger partial charge in [-0.15, -0.1) is 0 Å². The first kappa shape index (κ1) is 9.27. The predicted molar refractivity (Wildman–Crippen MR) is 58.8 cm³/mol. The van der Waals surface area contributed by atoms with Gasteiger partial charge in [-0.1, -0.05) is 6.07 Å². The van der Waals surface area contributed by atoms with Gasteiger partial charge >= 0.3 is 0 Å². The summed E-state index contributed by atoms with van der Waals surface area (Å²) in [5.74, 6) is 0.661. The fourth-order valence-corrected chi connectivity index (χ4v) is 2.08. The molecule has 0 saturated carbocycles. The van der Waals surface area contributed by atoms with Crippen LogP contribution in [0.3, 0.4) is 0 Å². The summed E-state index contributed by atoms with van der Waals surface area (Å²) >= 11 is 3.35. The fraction of sp³-hybridized carbons (Fsp3) is 0.100. The van der Waals surface area contributed by atoms with Gasteiger partial charge in [0.2, 0.25) is 0 Å². The molecule has 0 amide bonds. The van der Waals surface area contributed by atoms with E-state index < -0.39 is 0 Å². The van der Waals surface area contributed by atoms with Crippen molar-refractivity contribution >= 4 is 26.7 Å². The summed E-state index contributed by atoms with van der Waals surface area (Å²) in [6, 6.07) is 5.53. The molecule has 1 N–H and O–H groups in total. The average molecular weight is 254 g/mol. The first-order chi connectivity index (χ1) is 6.74. The number of methoxy groups -OCH3 is 1. The first-order valence-corrected chi connectivity index (χ1v) is 4.87. The van der Waals surface area contributed by atoms with Crippen LogP contribution in [0.15, 0.2) is 33.7 Å². The monoisotopic (exact) mass is 253 g/mol. The molecule has 72 valence electrons. The molecule has 0 unspecified atom stereocenters. The van der Waals surface area contributed by atoms with E-state index in [0.717, 1.165) is 5.39 Å². The quantitative estimate of drug-likeness (QED) is 0.848. The molecule has 1 aromatic heterocycles. The Morgan fingerprint density at radius 3 is 2.86 bits per heavy atom. The van der Waals surface area contributed by atoms with E-state index in [-0.39, 0.29) is 5.56 Å². The normalized spacial score (nSPS) is 10.4. The van der Waals surface area contributed by atoms with Crippen molar-refractivity contribution in [2.24, 2.45) is 0 Å². The molecule has 0 bridgehead atoms. The van der Waals surface area contributed by atoms with Crippen LogP contribution in [-0.2, 0) is 0 Å². The van der Waals surface area contributed by atoms with E-state index in [9.17, 15) is 4.79 Å². The van der Waals surface area contributed by atoms with Crippen molar-refractivity contribution < 1.29 is 4.74 Å². The van der Waals surface area contributed by atoms with Gasteiger partial charge in [0.25, 0.3) is 5.56 Å². The molecule has 0 atom stereocenters. The lowest BCUT2D eigenvalue weighted by molar-refractivity contribution is 0.413. The van der Waals surface area contributed by atoms with Crippen molar-refractivity contribution in [2.45, 2.75) is 0 Å². The zero-order valence-corrected chi connectivity index (χ0v) is 9.09. The van der Waals surface area contributed by atoms with Gasteiger partial charge in [-0.2, -0.15) is 0 Å².